The Labute approximate surface area is 487 Å². The van der Waals surface area contributed by atoms with Crippen LogP contribution in [0.2, 0.25) is 0 Å². The Bertz CT molecular complexity index is 5060. The predicted molar refractivity (Wildman–Crippen MR) is 344 cm³/mol. The van der Waals surface area contributed by atoms with Crippen LogP contribution in [0.5, 0.6) is 0 Å². The van der Waals surface area contributed by atoms with Gasteiger partial charge < -0.3 is 0 Å². The van der Waals surface area contributed by atoms with E-state index in [0.717, 1.165) is 133 Å². The third-order valence-electron chi connectivity index (χ3n) is 18.3. The van der Waals surface area contributed by atoms with Crippen molar-refractivity contribution in [3.8, 4) is 23.7 Å². The zero-order valence-corrected chi connectivity index (χ0v) is 48.3. The number of benzene rings is 12. The number of hydrogen-bond acceptors (Lipinski definition) is 4. The van der Waals surface area contributed by atoms with Gasteiger partial charge in [0.25, 0.3) is 23.6 Å². The molecule has 0 fully saturated rings. The number of hydrogen-bond donors (Lipinski definition) is 0. The van der Waals surface area contributed by atoms with Crippen LogP contribution in [0.15, 0.2) is 158 Å². The standard InChI is InChI=1S/C78H58N2O4/c1-41(2)49-16-10-17-50(42(3)4)73(49)79-75(81)63-36-32-59-55-22-12-20-53-47(28-30-57(67(53)55)61-34-38-65(77(79)83)71(63)69(59)61)26-24-45-14-9-15-46(40-45)25-27-48-29-31-58-62-35-39-66-72-64(37-33-60(70(62)72)56-23-13-21-54(48)68(56)58)76(82)80(78(66)84)74-51(43(5)6)18-11-19-52(74)44(7)8/h9-23,28,30,32-44H,29,31H2,1-8H3. The summed E-state index contributed by atoms with van der Waals surface area (Å²) in [4.78, 5) is 62.1. The number of nitrogens with zero attached hydrogens (tertiary/aromatic N) is 2. The van der Waals surface area contributed by atoms with Gasteiger partial charge in [-0.1, -0.05) is 188 Å². The monoisotopic (exact) mass is 1090 g/mol. The second-order valence-electron chi connectivity index (χ2n) is 24.4. The molecule has 404 valence electrons. The lowest BCUT2D eigenvalue weighted by Crippen LogP contribution is -2.41. The van der Waals surface area contributed by atoms with E-state index in [4.69, 9.17) is 0 Å². The maximum atomic E-state index is 14.8. The van der Waals surface area contributed by atoms with Gasteiger partial charge in [0, 0.05) is 55.3 Å². The van der Waals surface area contributed by atoms with Crippen LogP contribution >= 0.6 is 0 Å². The van der Waals surface area contributed by atoms with Crippen LogP contribution in [-0.4, -0.2) is 23.6 Å². The minimum Gasteiger partial charge on any atom is -0.268 e. The molecule has 0 unspecified atom stereocenters. The van der Waals surface area contributed by atoms with Gasteiger partial charge in [-0.25, -0.2) is 9.80 Å². The fraction of sp³-hybridized carbons (Fsp3) is 0.179. The van der Waals surface area contributed by atoms with Crippen LogP contribution in [-0.2, 0) is 6.42 Å². The zero-order chi connectivity index (χ0) is 57.7. The van der Waals surface area contributed by atoms with Crippen LogP contribution < -0.4 is 15.0 Å². The minimum atomic E-state index is -0.290. The lowest BCUT2D eigenvalue weighted by atomic mass is 9.80. The van der Waals surface area contributed by atoms with Crippen molar-refractivity contribution in [3.63, 3.8) is 0 Å². The van der Waals surface area contributed by atoms with Crippen molar-refractivity contribution in [1.82, 2.24) is 0 Å². The summed E-state index contributed by atoms with van der Waals surface area (Å²) in [6, 6.07) is 53.4. The van der Waals surface area contributed by atoms with E-state index in [9.17, 15) is 19.2 Å². The first-order chi connectivity index (χ1) is 40.7. The molecule has 0 spiro atoms. The fourth-order valence-corrected chi connectivity index (χ4v) is 14.4. The summed E-state index contributed by atoms with van der Waals surface area (Å²) in [6.45, 7) is 16.9. The van der Waals surface area contributed by atoms with Crippen LogP contribution in [0.4, 0.5) is 11.4 Å². The predicted octanol–water partition coefficient (Wildman–Crippen LogP) is 17.6. The lowest BCUT2D eigenvalue weighted by molar-refractivity contribution is 0.0877. The molecule has 4 amide bonds. The van der Waals surface area contributed by atoms with Gasteiger partial charge in [0.15, 0.2) is 0 Å². The van der Waals surface area contributed by atoms with E-state index in [1.165, 1.54) is 20.7 Å². The number of para-hydroxylation sites is 2. The molecule has 2 aliphatic heterocycles. The van der Waals surface area contributed by atoms with Crippen LogP contribution in [0.3, 0.4) is 0 Å². The number of imide groups is 2. The number of carbonyl (C=O) groups excluding carboxylic acids is 4. The highest BCUT2D eigenvalue weighted by Crippen LogP contribution is 2.49. The number of carbonyl (C=O) groups is 4. The highest BCUT2D eigenvalue weighted by molar-refractivity contribution is 6.43. The summed E-state index contributed by atoms with van der Waals surface area (Å²) in [5, 5.41) is 15.1. The molecule has 0 bridgehead atoms. The molecule has 3 aliphatic rings. The average Bonchev–Trinajstić information content (AvgIpc) is 0.840. The van der Waals surface area contributed by atoms with Gasteiger partial charge in [0.05, 0.1) is 11.4 Å². The SMILES string of the molecule is CC(C)c1cccc(C(C)C)c1N1C(=O)c2ccc3c4c5c(cccc5c5ccc(c2c35)C1=O)=C(C#Cc1cccc(C#Cc2ccc3c5ccc6c7c(ccc(c8cccc2c83)c75)C(=O)N(c2c(C(C)C)cccc2C(C)C)C6=O)c1)CC4. The highest BCUT2D eigenvalue weighted by Gasteiger charge is 2.40. The third kappa shape index (κ3) is 7.26. The molecule has 0 saturated carbocycles. The summed E-state index contributed by atoms with van der Waals surface area (Å²) in [5.41, 5.74) is 12.5. The maximum Gasteiger partial charge on any atom is 0.266 e. The molecule has 0 atom stereocenters. The molecule has 84 heavy (non-hydrogen) atoms. The van der Waals surface area contributed by atoms with Crippen molar-refractivity contribution in [3.05, 3.63) is 230 Å². The van der Waals surface area contributed by atoms with E-state index >= 15 is 0 Å². The van der Waals surface area contributed by atoms with Gasteiger partial charge in [0.1, 0.15) is 0 Å². The Morgan fingerprint density at radius 3 is 1.21 bits per heavy atom. The summed E-state index contributed by atoms with van der Waals surface area (Å²) < 4.78 is 0. The number of amides is 4. The molecular weight excluding hydrogens is 1030 g/mol. The van der Waals surface area contributed by atoms with E-state index in [-0.39, 0.29) is 47.3 Å². The molecule has 6 nitrogen and oxygen atoms in total. The third-order valence-corrected chi connectivity index (χ3v) is 18.3. The van der Waals surface area contributed by atoms with Gasteiger partial charge in [-0.05, 0) is 183 Å². The molecule has 1 aliphatic carbocycles. The Balaban J connectivity index is 0.776. The van der Waals surface area contributed by atoms with E-state index in [2.05, 4.69) is 158 Å². The van der Waals surface area contributed by atoms with Gasteiger partial charge in [-0.3, -0.25) is 19.2 Å². The van der Waals surface area contributed by atoms with Crippen LogP contribution in [0, 0.1) is 23.7 Å². The van der Waals surface area contributed by atoms with Gasteiger partial charge in [-0.2, -0.15) is 0 Å². The maximum absolute atomic E-state index is 14.8. The first-order valence-electron chi connectivity index (χ1n) is 29.5. The van der Waals surface area contributed by atoms with Crippen molar-refractivity contribution < 1.29 is 19.2 Å². The Kier molecular flexibility index (Phi) is 11.4. The molecule has 2 heterocycles. The van der Waals surface area contributed by atoms with Gasteiger partial charge in [0.2, 0.25) is 0 Å². The number of rotatable bonds is 6. The van der Waals surface area contributed by atoms with Crippen molar-refractivity contribution >= 4 is 116 Å². The molecule has 12 aromatic carbocycles. The molecule has 6 heteroatoms. The van der Waals surface area contributed by atoms with E-state index in [1.807, 2.05) is 78.9 Å². The second-order valence-corrected chi connectivity index (χ2v) is 24.4. The Hall–Kier alpha value is -9.88. The second kappa shape index (κ2) is 18.8. The summed E-state index contributed by atoms with van der Waals surface area (Å²) >= 11 is 0. The summed E-state index contributed by atoms with van der Waals surface area (Å²) in [7, 11) is 0. The zero-order valence-electron chi connectivity index (χ0n) is 48.3. The number of anilines is 2. The Morgan fingerprint density at radius 1 is 0.333 bits per heavy atom. The fourth-order valence-electron chi connectivity index (χ4n) is 14.4. The Morgan fingerprint density at radius 2 is 0.714 bits per heavy atom. The topological polar surface area (TPSA) is 74.8 Å². The smallest absolute Gasteiger partial charge is 0.266 e. The van der Waals surface area contributed by atoms with Crippen molar-refractivity contribution in [2.24, 2.45) is 0 Å². The summed E-state index contributed by atoms with van der Waals surface area (Å²) in [6.07, 6.45) is 1.52. The molecular formula is C78H58N2O4. The molecule has 0 N–H and O–H groups in total. The van der Waals surface area contributed by atoms with E-state index < -0.39 is 0 Å². The van der Waals surface area contributed by atoms with E-state index in [0.29, 0.717) is 33.3 Å². The largest absolute Gasteiger partial charge is 0.268 e. The van der Waals surface area contributed by atoms with Gasteiger partial charge >= 0.3 is 0 Å². The molecule has 0 radical (unpaired) electrons. The molecule has 0 aromatic heterocycles. The quantitative estimate of drug-likeness (QED) is 0.0720. The number of aryl methyl sites for hydroxylation is 1. The molecule has 12 aromatic rings. The van der Waals surface area contributed by atoms with E-state index in [1.54, 1.807) is 0 Å². The first kappa shape index (κ1) is 51.0. The van der Waals surface area contributed by atoms with Crippen LogP contribution in [0.25, 0.3) is 81.0 Å². The normalized spacial score (nSPS) is 14.1. The van der Waals surface area contributed by atoms with Crippen molar-refractivity contribution in [2.75, 3.05) is 9.80 Å². The van der Waals surface area contributed by atoms with Crippen molar-refractivity contribution in [2.45, 2.75) is 91.9 Å². The first-order valence-corrected chi connectivity index (χ1v) is 29.5. The molecule has 15 rings (SSSR count). The summed E-state index contributed by atoms with van der Waals surface area (Å²) in [5.74, 6) is 13.5. The average molecular weight is 1090 g/mol. The van der Waals surface area contributed by atoms with Gasteiger partial charge in [-0.15, -0.1) is 0 Å². The lowest BCUT2D eigenvalue weighted by Gasteiger charge is -2.33. The molecule has 0 saturated heterocycles. The van der Waals surface area contributed by atoms with Crippen molar-refractivity contribution in [1.29, 1.82) is 0 Å². The minimum absolute atomic E-state index is 0.110. The highest BCUT2D eigenvalue weighted by atomic mass is 16.2. The van der Waals surface area contributed by atoms with Crippen LogP contribution in [0.1, 0.15) is 171 Å². The number of fused-ring (bicyclic) bond motifs is 4.